The van der Waals surface area contributed by atoms with E-state index in [4.69, 9.17) is 27.8 Å². The molecule has 4 N–H and O–H groups in total. The molecule has 1 amide bonds. The smallest absolute Gasteiger partial charge is 0.250 e. The lowest BCUT2D eigenvalue weighted by molar-refractivity contribution is -0.120. The van der Waals surface area contributed by atoms with Crippen LogP contribution in [-0.2, 0) is 9.53 Å². The molecule has 0 aromatic heterocycles. The summed E-state index contributed by atoms with van der Waals surface area (Å²) in [6.45, 7) is -0.0403. The molecule has 0 unspecified atom stereocenters. The fraction of sp³-hybridized carbons (Fsp3) is 0.273. The summed E-state index contributed by atoms with van der Waals surface area (Å²) in [6, 6.07) is 6.87. The predicted molar refractivity (Wildman–Crippen MR) is 68.9 cm³/mol. The van der Waals surface area contributed by atoms with Crippen LogP contribution >= 0.6 is 12.2 Å². The highest BCUT2D eigenvalue weighted by Crippen LogP contribution is 2.09. The number of aliphatic hydroxyl groups excluding tert-OH is 1. The van der Waals surface area contributed by atoms with Crippen LogP contribution in [0.5, 0.6) is 0 Å². The van der Waals surface area contributed by atoms with Gasteiger partial charge in [-0.2, -0.15) is 0 Å². The molecule has 0 atom stereocenters. The highest BCUT2D eigenvalue weighted by atomic mass is 32.1. The number of carbonyl (C=O) groups excluding carboxylic acids is 1. The third kappa shape index (κ3) is 4.90. The minimum Gasteiger partial charge on any atom is -0.394 e. The SMILES string of the molecule is NC(=S)c1ccc(NC(=O)COCCO)cc1. The first-order valence-electron chi connectivity index (χ1n) is 5.02. The van der Waals surface area contributed by atoms with Crippen molar-refractivity contribution in [1.82, 2.24) is 0 Å². The van der Waals surface area contributed by atoms with Crippen LogP contribution in [0.1, 0.15) is 5.56 Å². The lowest BCUT2D eigenvalue weighted by atomic mass is 10.2. The maximum Gasteiger partial charge on any atom is 0.250 e. The summed E-state index contributed by atoms with van der Waals surface area (Å²) >= 11 is 4.81. The van der Waals surface area contributed by atoms with Gasteiger partial charge in [-0.1, -0.05) is 12.2 Å². The Bertz CT molecular complexity index is 392. The number of nitrogens with one attached hydrogen (secondary N) is 1. The van der Waals surface area contributed by atoms with E-state index in [1.54, 1.807) is 24.3 Å². The molecule has 0 aliphatic heterocycles. The molecule has 0 spiro atoms. The molecule has 17 heavy (non-hydrogen) atoms. The lowest BCUT2D eigenvalue weighted by Crippen LogP contribution is -2.19. The summed E-state index contributed by atoms with van der Waals surface area (Å²) in [4.78, 5) is 11.7. The Balaban J connectivity index is 2.46. The molecule has 0 fully saturated rings. The van der Waals surface area contributed by atoms with Crippen molar-refractivity contribution in [2.75, 3.05) is 25.1 Å². The molecule has 0 saturated heterocycles. The van der Waals surface area contributed by atoms with Crippen LogP contribution in [0, 0.1) is 0 Å². The normalized spacial score (nSPS) is 9.94. The summed E-state index contributed by atoms with van der Waals surface area (Å²) in [5.41, 5.74) is 6.83. The highest BCUT2D eigenvalue weighted by Gasteiger charge is 2.02. The molecule has 0 saturated carbocycles. The number of hydrogen-bond acceptors (Lipinski definition) is 4. The first kappa shape index (κ1) is 13.6. The zero-order chi connectivity index (χ0) is 12.7. The van der Waals surface area contributed by atoms with Crippen molar-refractivity contribution in [1.29, 1.82) is 0 Å². The molecule has 0 aliphatic carbocycles. The van der Waals surface area contributed by atoms with Gasteiger partial charge in [0.05, 0.1) is 13.2 Å². The van der Waals surface area contributed by atoms with Crippen molar-refractivity contribution in [3.8, 4) is 0 Å². The number of hydrogen-bond donors (Lipinski definition) is 3. The van der Waals surface area contributed by atoms with Crippen LogP contribution in [0.25, 0.3) is 0 Å². The van der Waals surface area contributed by atoms with Crippen molar-refractivity contribution in [2.45, 2.75) is 0 Å². The van der Waals surface area contributed by atoms with E-state index in [9.17, 15) is 4.79 Å². The molecular weight excluding hydrogens is 240 g/mol. The molecule has 1 aromatic rings. The second kappa shape index (κ2) is 6.95. The average molecular weight is 254 g/mol. The van der Waals surface area contributed by atoms with E-state index < -0.39 is 0 Å². The third-order valence-electron chi connectivity index (χ3n) is 1.92. The van der Waals surface area contributed by atoms with E-state index in [2.05, 4.69) is 5.32 Å². The van der Waals surface area contributed by atoms with Gasteiger partial charge in [0.2, 0.25) is 5.91 Å². The number of thiocarbonyl (C=S) groups is 1. The zero-order valence-electron chi connectivity index (χ0n) is 9.18. The van der Waals surface area contributed by atoms with Gasteiger partial charge in [-0.05, 0) is 24.3 Å². The van der Waals surface area contributed by atoms with Crippen LogP contribution in [0.15, 0.2) is 24.3 Å². The monoisotopic (exact) mass is 254 g/mol. The molecule has 1 rings (SSSR count). The van der Waals surface area contributed by atoms with Gasteiger partial charge in [0.25, 0.3) is 0 Å². The number of benzene rings is 1. The molecule has 92 valence electrons. The Kier molecular flexibility index (Phi) is 5.55. The largest absolute Gasteiger partial charge is 0.394 e. The molecule has 0 radical (unpaired) electrons. The van der Waals surface area contributed by atoms with E-state index in [0.717, 1.165) is 5.56 Å². The van der Waals surface area contributed by atoms with Crippen molar-refractivity contribution in [3.05, 3.63) is 29.8 Å². The number of amides is 1. The Morgan fingerprint density at radius 2 is 2.06 bits per heavy atom. The summed E-state index contributed by atoms with van der Waals surface area (Å²) in [7, 11) is 0. The second-order valence-corrected chi connectivity index (χ2v) is 3.71. The van der Waals surface area contributed by atoms with Gasteiger partial charge in [0, 0.05) is 11.3 Å². The zero-order valence-corrected chi connectivity index (χ0v) is 10.00. The van der Waals surface area contributed by atoms with Gasteiger partial charge in [0.1, 0.15) is 11.6 Å². The Morgan fingerprint density at radius 1 is 1.41 bits per heavy atom. The van der Waals surface area contributed by atoms with Gasteiger partial charge >= 0.3 is 0 Å². The minimum atomic E-state index is -0.276. The number of carbonyl (C=O) groups is 1. The van der Waals surface area contributed by atoms with E-state index >= 15 is 0 Å². The summed E-state index contributed by atoms with van der Waals surface area (Å²) in [5.74, 6) is -0.276. The Hall–Kier alpha value is -1.50. The van der Waals surface area contributed by atoms with Crippen LogP contribution in [-0.4, -0.2) is 35.8 Å². The summed E-state index contributed by atoms with van der Waals surface area (Å²) in [6.07, 6.45) is 0. The molecule has 1 aromatic carbocycles. The quantitative estimate of drug-likeness (QED) is 0.501. The maximum absolute atomic E-state index is 11.3. The molecule has 0 bridgehead atoms. The Labute approximate surface area is 105 Å². The summed E-state index contributed by atoms with van der Waals surface area (Å²) < 4.78 is 4.88. The topological polar surface area (TPSA) is 84.6 Å². The molecule has 5 nitrogen and oxygen atoms in total. The molecular formula is C11H14N2O3S. The number of nitrogens with two attached hydrogens (primary N) is 1. The first-order valence-corrected chi connectivity index (χ1v) is 5.42. The van der Waals surface area contributed by atoms with Crippen molar-refractivity contribution in [2.24, 2.45) is 5.73 Å². The predicted octanol–water partition coefficient (Wildman–Crippen LogP) is 0.268. The maximum atomic E-state index is 11.3. The summed E-state index contributed by atoms with van der Waals surface area (Å²) in [5, 5.41) is 11.1. The van der Waals surface area contributed by atoms with Crippen molar-refractivity contribution < 1.29 is 14.6 Å². The fourth-order valence-corrected chi connectivity index (χ4v) is 1.28. The number of ether oxygens (including phenoxy) is 1. The third-order valence-corrected chi connectivity index (χ3v) is 2.16. The van der Waals surface area contributed by atoms with Crippen molar-refractivity contribution in [3.63, 3.8) is 0 Å². The van der Waals surface area contributed by atoms with Crippen molar-refractivity contribution >= 4 is 28.8 Å². The van der Waals surface area contributed by atoms with E-state index in [1.165, 1.54) is 0 Å². The molecule has 6 heteroatoms. The standard InChI is InChI=1S/C11H14N2O3S/c12-11(17)8-1-3-9(4-2-8)13-10(15)7-16-6-5-14/h1-4,14H,5-7H2,(H2,12,17)(H,13,15). The molecule has 0 aliphatic rings. The number of rotatable bonds is 6. The highest BCUT2D eigenvalue weighted by molar-refractivity contribution is 7.80. The second-order valence-electron chi connectivity index (χ2n) is 3.27. The number of aliphatic hydroxyl groups is 1. The fourth-order valence-electron chi connectivity index (χ4n) is 1.14. The van der Waals surface area contributed by atoms with Crippen LogP contribution in [0.3, 0.4) is 0 Å². The molecule has 0 heterocycles. The van der Waals surface area contributed by atoms with Gasteiger partial charge in [-0.15, -0.1) is 0 Å². The van der Waals surface area contributed by atoms with Gasteiger partial charge in [-0.25, -0.2) is 0 Å². The first-order chi connectivity index (χ1) is 8.13. The van der Waals surface area contributed by atoms with E-state index in [0.29, 0.717) is 10.7 Å². The van der Waals surface area contributed by atoms with Gasteiger partial charge < -0.3 is 20.9 Å². The van der Waals surface area contributed by atoms with Crippen LogP contribution < -0.4 is 11.1 Å². The Morgan fingerprint density at radius 3 is 2.59 bits per heavy atom. The van der Waals surface area contributed by atoms with Crippen LogP contribution in [0.4, 0.5) is 5.69 Å². The van der Waals surface area contributed by atoms with Gasteiger partial charge in [0.15, 0.2) is 0 Å². The number of anilines is 1. The van der Waals surface area contributed by atoms with E-state index in [1.807, 2.05) is 0 Å². The van der Waals surface area contributed by atoms with E-state index in [-0.39, 0.29) is 25.7 Å². The minimum absolute atomic E-state index is 0.0857. The lowest BCUT2D eigenvalue weighted by Gasteiger charge is -2.06. The van der Waals surface area contributed by atoms with Gasteiger partial charge in [-0.3, -0.25) is 4.79 Å². The average Bonchev–Trinajstić information content (AvgIpc) is 2.30. The van der Waals surface area contributed by atoms with Crippen LogP contribution in [0.2, 0.25) is 0 Å².